The van der Waals surface area contributed by atoms with Gasteiger partial charge >= 0.3 is 0 Å². The van der Waals surface area contributed by atoms with Crippen LogP contribution in [0.4, 0.5) is 0 Å². The highest BCUT2D eigenvalue weighted by atomic mass is 14.7. The lowest BCUT2D eigenvalue weighted by Crippen LogP contribution is -2.15. The summed E-state index contributed by atoms with van der Waals surface area (Å²) in [4.78, 5) is 5.30. The number of rotatable bonds is 3. The van der Waals surface area contributed by atoms with E-state index in [9.17, 15) is 5.26 Å². The molecule has 0 aliphatic heterocycles. The minimum atomic E-state index is -0.183. The predicted molar refractivity (Wildman–Crippen MR) is 213 cm³/mol. The van der Waals surface area contributed by atoms with E-state index in [0.717, 1.165) is 22.2 Å². The number of fused-ring (bicyclic) bond motifs is 9. The first-order valence-electron chi connectivity index (χ1n) is 17.5. The van der Waals surface area contributed by atoms with E-state index in [0.29, 0.717) is 5.56 Å². The summed E-state index contributed by atoms with van der Waals surface area (Å²) in [6.45, 7) is 4.53. The van der Waals surface area contributed by atoms with Crippen molar-refractivity contribution < 1.29 is 0 Å². The first-order chi connectivity index (χ1) is 25.0. The van der Waals surface area contributed by atoms with Gasteiger partial charge in [-0.15, -0.1) is 0 Å². The van der Waals surface area contributed by atoms with Gasteiger partial charge in [0, 0.05) is 21.8 Å². The van der Waals surface area contributed by atoms with Crippen LogP contribution in [0.15, 0.2) is 158 Å². The van der Waals surface area contributed by atoms with E-state index in [2.05, 4.69) is 172 Å². The third kappa shape index (κ3) is 4.52. The molecule has 0 saturated heterocycles. The largest absolute Gasteiger partial charge is 0.247 e. The van der Waals surface area contributed by atoms with E-state index in [1.54, 1.807) is 0 Å². The maximum Gasteiger partial charge on any atom is 0.0991 e. The summed E-state index contributed by atoms with van der Waals surface area (Å²) in [6, 6.07) is 59.2. The van der Waals surface area contributed by atoms with Crippen molar-refractivity contribution in [1.82, 2.24) is 4.98 Å². The molecule has 238 valence electrons. The van der Waals surface area contributed by atoms with Crippen LogP contribution in [0.5, 0.6) is 0 Å². The fourth-order valence-corrected chi connectivity index (χ4v) is 8.38. The minimum absolute atomic E-state index is 0.183. The van der Waals surface area contributed by atoms with Gasteiger partial charge in [0.25, 0.3) is 0 Å². The molecule has 2 nitrogen and oxygen atoms in total. The molecular weight excluding hydrogens is 617 g/mol. The van der Waals surface area contributed by atoms with Crippen LogP contribution in [0.25, 0.3) is 87.9 Å². The van der Waals surface area contributed by atoms with Gasteiger partial charge < -0.3 is 0 Å². The zero-order valence-corrected chi connectivity index (χ0v) is 28.4. The second-order valence-corrected chi connectivity index (χ2v) is 14.3. The Morgan fingerprint density at radius 3 is 1.94 bits per heavy atom. The third-order valence-corrected chi connectivity index (χ3v) is 11.0. The topological polar surface area (TPSA) is 36.7 Å². The van der Waals surface area contributed by atoms with Crippen LogP contribution < -0.4 is 0 Å². The second-order valence-electron chi connectivity index (χ2n) is 14.3. The lowest BCUT2D eigenvalue weighted by atomic mass is 9.81. The van der Waals surface area contributed by atoms with Crippen LogP contribution in [0.2, 0.25) is 0 Å². The van der Waals surface area contributed by atoms with Gasteiger partial charge in [0.1, 0.15) is 0 Å². The Bertz CT molecular complexity index is 2950. The average molecular weight is 649 g/mol. The first-order valence-corrected chi connectivity index (χ1v) is 17.5. The number of hydrogen-bond donors (Lipinski definition) is 0. The quantitative estimate of drug-likeness (QED) is 0.141. The fraction of sp³-hybridized carbons (Fsp3) is 0.0612. The van der Waals surface area contributed by atoms with Crippen molar-refractivity contribution in [3.63, 3.8) is 0 Å². The number of pyridine rings is 1. The Morgan fingerprint density at radius 2 is 1.12 bits per heavy atom. The average Bonchev–Trinajstić information content (AvgIpc) is 3.41. The first kappa shape index (κ1) is 29.4. The third-order valence-electron chi connectivity index (χ3n) is 11.0. The molecule has 0 unspecified atom stereocenters. The highest BCUT2D eigenvalue weighted by Gasteiger charge is 2.35. The van der Waals surface area contributed by atoms with Gasteiger partial charge in [-0.1, -0.05) is 123 Å². The molecule has 0 fully saturated rings. The molecule has 0 amide bonds. The Balaban J connectivity index is 1.11. The fourth-order valence-electron chi connectivity index (χ4n) is 8.38. The highest BCUT2D eigenvalue weighted by molar-refractivity contribution is 6.23. The Morgan fingerprint density at radius 1 is 0.471 bits per heavy atom. The Kier molecular flexibility index (Phi) is 6.32. The standard InChI is InChI=1S/C49H32N2/c1-49(2)44-23-30(29-50)15-20-40(44)41-21-18-37(28-45(41)49)34-13-8-12-33(24-34)35-16-17-36-26-42-43(27-38(36)25-35)48(32-10-4-3-5-11-32)51-46-22-19-31-9-6-7-14-39(31)47(42)46/h3-28H,1-2H3. The SMILES string of the molecule is CC1(C)c2cc(C#N)ccc2-c2ccc(-c3cccc(-c4ccc5cc6c(cc5c4)c(-c4ccccc4)nc4ccc5ccccc5c46)c3)cc21. The molecule has 10 rings (SSSR count). The van der Waals surface area contributed by atoms with Crippen LogP contribution in [0.1, 0.15) is 30.5 Å². The van der Waals surface area contributed by atoms with E-state index in [1.165, 1.54) is 76.8 Å². The molecule has 0 atom stereocenters. The van der Waals surface area contributed by atoms with Crippen molar-refractivity contribution in [2.45, 2.75) is 19.3 Å². The Hall–Kier alpha value is -6.56. The van der Waals surface area contributed by atoms with Gasteiger partial charge in [0.05, 0.1) is 22.8 Å². The van der Waals surface area contributed by atoms with Crippen molar-refractivity contribution in [1.29, 1.82) is 5.26 Å². The van der Waals surface area contributed by atoms with E-state index in [4.69, 9.17) is 4.98 Å². The molecule has 1 heterocycles. The molecule has 1 aliphatic carbocycles. The van der Waals surface area contributed by atoms with Gasteiger partial charge in [-0.2, -0.15) is 5.26 Å². The van der Waals surface area contributed by atoms with Crippen molar-refractivity contribution >= 4 is 43.2 Å². The molecule has 0 N–H and O–H groups in total. The Labute approximate surface area is 296 Å². The van der Waals surface area contributed by atoms with Crippen LogP contribution in [0, 0.1) is 11.3 Å². The van der Waals surface area contributed by atoms with E-state index in [1.807, 2.05) is 6.07 Å². The number of aromatic nitrogens is 1. The molecular formula is C49H32N2. The zero-order chi connectivity index (χ0) is 34.3. The van der Waals surface area contributed by atoms with Crippen LogP contribution in [-0.4, -0.2) is 4.98 Å². The monoisotopic (exact) mass is 648 g/mol. The van der Waals surface area contributed by atoms with Crippen molar-refractivity contribution in [2.75, 3.05) is 0 Å². The molecule has 51 heavy (non-hydrogen) atoms. The smallest absolute Gasteiger partial charge is 0.0991 e. The molecule has 9 aromatic rings. The molecule has 1 aliphatic rings. The van der Waals surface area contributed by atoms with Crippen LogP contribution in [0.3, 0.4) is 0 Å². The number of benzene rings is 8. The molecule has 1 aromatic heterocycles. The molecule has 8 aromatic carbocycles. The number of nitrogens with zero attached hydrogens (tertiary/aromatic N) is 2. The lowest BCUT2D eigenvalue weighted by molar-refractivity contribution is 0.660. The van der Waals surface area contributed by atoms with E-state index in [-0.39, 0.29) is 5.41 Å². The summed E-state index contributed by atoms with van der Waals surface area (Å²) < 4.78 is 0. The molecule has 0 spiro atoms. The summed E-state index contributed by atoms with van der Waals surface area (Å²) in [6.07, 6.45) is 0. The van der Waals surface area contributed by atoms with E-state index >= 15 is 0 Å². The second kappa shape index (κ2) is 11.0. The lowest BCUT2D eigenvalue weighted by Gasteiger charge is -2.22. The number of nitriles is 1. The van der Waals surface area contributed by atoms with Crippen molar-refractivity contribution in [3.05, 3.63) is 174 Å². The summed E-state index contributed by atoms with van der Waals surface area (Å²) in [7, 11) is 0. The van der Waals surface area contributed by atoms with Crippen molar-refractivity contribution in [2.24, 2.45) is 0 Å². The summed E-state index contributed by atoms with van der Waals surface area (Å²) in [5, 5.41) is 18.0. The van der Waals surface area contributed by atoms with E-state index < -0.39 is 0 Å². The molecule has 2 heteroatoms. The molecule has 0 saturated carbocycles. The predicted octanol–water partition coefficient (Wildman–Crippen LogP) is 12.9. The van der Waals surface area contributed by atoms with Gasteiger partial charge in [0.15, 0.2) is 0 Å². The maximum atomic E-state index is 9.55. The highest BCUT2D eigenvalue weighted by Crippen LogP contribution is 2.50. The normalized spacial score (nSPS) is 13.0. The maximum absolute atomic E-state index is 9.55. The van der Waals surface area contributed by atoms with Gasteiger partial charge in [-0.25, -0.2) is 4.98 Å². The number of hydrogen-bond acceptors (Lipinski definition) is 2. The van der Waals surface area contributed by atoms with Gasteiger partial charge in [-0.3, -0.25) is 0 Å². The van der Waals surface area contributed by atoms with Gasteiger partial charge in [0.2, 0.25) is 0 Å². The molecule has 0 radical (unpaired) electrons. The summed E-state index contributed by atoms with van der Waals surface area (Å²) in [5.74, 6) is 0. The van der Waals surface area contributed by atoms with Crippen molar-refractivity contribution in [3.8, 4) is 50.7 Å². The van der Waals surface area contributed by atoms with Crippen LogP contribution in [-0.2, 0) is 5.41 Å². The minimum Gasteiger partial charge on any atom is -0.247 e. The summed E-state index contributed by atoms with van der Waals surface area (Å²) >= 11 is 0. The van der Waals surface area contributed by atoms with Crippen LogP contribution >= 0.6 is 0 Å². The summed E-state index contributed by atoms with van der Waals surface area (Å²) in [5.41, 5.74) is 13.4. The van der Waals surface area contributed by atoms with Gasteiger partial charge in [-0.05, 0) is 120 Å². The molecule has 0 bridgehead atoms. The zero-order valence-electron chi connectivity index (χ0n) is 28.4.